The molecule has 7 heteroatoms. The Morgan fingerprint density at radius 3 is 2.21 bits per heavy atom. The normalized spacial score (nSPS) is 24.8. The number of nitrogens with two attached hydrogens (primary N) is 1. The van der Waals surface area contributed by atoms with E-state index < -0.39 is 26.6 Å². The van der Waals surface area contributed by atoms with Crippen LogP contribution in [0, 0.1) is 17.6 Å². The Morgan fingerprint density at radius 2 is 1.79 bits per heavy atom. The third kappa shape index (κ3) is 2.44. The highest BCUT2D eigenvalue weighted by Crippen LogP contribution is 2.32. The van der Waals surface area contributed by atoms with E-state index in [0.717, 1.165) is 16.4 Å². The van der Waals surface area contributed by atoms with Crippen molar-refractivity contribution in [1.82, 2.24) is 4.31 Å². The van der Waals surface area contributed by atoms with Crippen molar-refractivity contribution in [3.8, 4) is 0 Å². The van der Waals surface area contributed by atoms with Crippen LogP contribution in [-0.2, 0) is 10.0 Å². The molecule has 19 heavy (non-hydrogen) atoms. The fourth-order valence-electron chi connectivity index (χ4n) is 2.54. The molecule has 1 saturated heterocycles. The lowest BCUT2D eigenvalue weighted by molar-refractivity contribution is 0.397. The molecule has 2 N–H and O–H groups in total. The van der Waals surface area contributed by atoms with Gasteiger partial charge in [-0.15, -0.1) is 0 Å². The maximum atomic E-state index is 13.8. The zero-order chi connectivity index (χ0) is 14.4. The Balaban J connectivity index is 2.52. The molecule has 1 fully saturated rings. The maximum Gasteiger partial charge on any atom is 0.249 e. The van der Waals surface area contributed by atoms with Gasteiger partial charge in [0.15, 0.2) is 4.90 Å². The Hall–Kier alpha value is -1.21. The molecule has 0 aliphatic carbocycles. The maximum absolute atomic E-state index is 13.8. The fraction of sp³-hybridized carbons (Fsp3) is 0.500. The highest BCUT2D eigenvalue weighted by atomic mass is 32.2. The molecule has 0 amide bonds. The summed E-state index contributed by atoms with van der Waals surface area (Å²) in [6.07, 6.45) is 0.678. The number of nitrogen functional groups attached to an aromatic ring is 1. The summed E-state index contributed by atoms with van der Waals surface area (Å²) in [4.78, 5) is -0.914. The number of benzene rings is 1. The van der Waals surface area contributed by atoms with Crippen molar-refractivity contribution < 1.29 is 17.2 Å². The molecule has 106 valence electrons. The molecule has 1 aromatic rings. The number of hydrogen-bond donors (Lipinski definition) is 1. The Kier molecular flexibility index (Phi) is 3.53. The fourth-order valence-corrected chi connectivity index (χ4v) is 4.40. The van der Waals surface area contributed by atoms with Gasteiger partial charge in [0.2, 0.25) is 10.0 Å². The number of hydrogen-bond acceptors (Lipinski definition) is 3. The van der Waals surface area contributed by atoms with Gasteiger partial charge in [-0.05, 0) is 31.4 Å². The molecule has 1 aromatic carbocycles. The average molecular weight is 290 g/mol. The summed E-state index contributed by atoms with van der Waals surface area (Å²) in [5.41, 5.74) is 5.14. The predicted molar refractivity (Wildman–Crippen MR) is 67.9 cm³/mol. The molecular weight excluding hydrogens is 274 g/mol. The van der Waals surface area contributed by atoms with Gasteiger partial charge in [-0.1, -0.05) is 6.92 Å². The summed E-state index contributed by atoms with van der Waals surface area (Å²) >= 11 is 0. The van der Waals surface area contributed by atoms with E-state index in [1.54, 1.807) is 6.92 Å². The Bertz CT molecular complexity index is 581. The van der Waals surface area contributed by atoms with Gasteiger partial charge in [0, 0.05) is 18.3 Å². The van der Waals surface area contributed by atoms with Crippen LogP contribution in [0.25, 0.3) is 0 Å². The first kappa shape index (κ1) is 14.2. The molecule has 1 aliphatic heterocycles. The number of halogens is 2. The van der Waals surface area contributed by atoms with E-state index in [0.29, 0.717) is 6.42 Å². The minimum atomic E-state index is -4.17. The molecule has 0 aromatic heterocycles. The van der Waals surface area contributed by atoms with Crippen LogP contribution in [0.5, 0.6) is 0 Å². The molecule has 0 radical (unpaired) electrons. The van der Waals surface area contributed by atoms with Gasteiger partial charge in [-0.2, -0.15) is 4.31 Å². The van der Waals surface area contributed by atoms with Crippen LogP contribution in [0.3, 0.4) is 0 Å². The smallest absolute Gasteiger partial charge is 0.249 e. The molecule has 1 heterocycles. The molecule has 4 nitrogen and oxygen atoms in total. The van der Waals surface area contributed by atoms with Crippen molar-refractivity contribution in [2.45, 2.75) is 31.2 Å². The highest BCUT2D eigenvalue weighted by Gasteiger charge is 2.39. The second kappa shape index (κ2) is 4.72. The SMILES string of the molecule is CC1CC(C)N(S(=O)(=O)c2c(F)cc(N)cc2F)C1. The Morgan fingerprint density at radius 1 is 1.26 bits per heavy atom. The van der Waals surface area contributed by atoms with Crippen molar-refractivity contribution in [3.63, 3.8) is 0 Å². The first-order chi connectivity index (χ1) is 8.73. The molecule has 0 saturated carbocycles. The predicted octanol–water partition coefficient (Wildman–Crippen LogP) is 1.97. The van der Waals surface area contributed by atoms with Gasteiger partial charge in [0.25, 0.3) is 0 Å². The van der Waals surface area contributed by atoms with Crippen LogP contribution < -0.4 is 5.73 Å². The van der Waals surface area contributed by atoms with Gasteiger partial charge >= 0.3 is 0 Å². The van der Waals surface area contributed by atoms with Crippen LogP contribution in [0.4, 0.5) is 14.5 Å². The van der Waals surface area contributed by atoms with Gasteiger partial charge in [0.1, 0.15) is 11.6 Å². The first-order valence-corrected chi connectivity index (χ1v) is 7.44. The van der Waals surface area contributed by atoms with Crippen LogP contribution in [0.1, 0.15) is 20.3 Å². The van der Waals surface area contributed by atoms with E-state index in [9.17, 15) is 17.2 Å². The van der Waals surface area contributed by atoms with Crippen molar-refractivity contribution in [2.24, 2.45) is 5.92 Å². The molecule has 2 atom stereocenters. The van der Waals surface area contributed by atoms with Gasteiger partial charge < -0.3 is 5.73 Å². The lowest BCUT2D eigenvalue weighted by Crippen LogP contribution is -2.35. The third-order valence-corrected chi connectivity index (χ3v) is 5.35. The van der Waals surface area contributed by atoms with E-state index in [1.165, 1.54) is 0 Å². The average Bonchev–Trinajstić information content (AvgIpc) is 2.56. The summed E-state index contributed by atoms with van der Waals surface area (Å²) in [6.45, 7) is 3.91. The summed E-state index contributed by atoms with van der Waals surface area (Å²) in [5.74, 6) is -2.13. The molecule has 2 unspecified atom stereocenters. The van der Waals surface area contributed by atoms with Crippen molar-refractivity contribution in [3.05, 3.63) is 23.8 Å². The summed E-state index contributed by atoms with van der Waals surface area (Å²) in [7, 11) is -4.17. The van der Waals surface area contributed by atoms with Crippen molar-refractivity contribution in [2.75, 3.05) is 12.3 Å². The van der Waals surface area contributed by atoms with Crippen LogP contribution in [0.2, 0.25) is 0 Å². The van der Waals surface area contributed by atoms with Crippen LogP contribution >= 0.6 is 0 Å². The minimum Gasteiger partial charge on any atom is -0.399 e. The van der Waals surface area contributed by atoms with E-state index in [1.807, 2.05) is 6.92 Å². The first-order valence-electron chi connectivity index (χ1n) is 6.00. The topological polar surface area (TPSA) is 63.4 Å². The van der Waals surface area contributed by atoms with Crippen LogP contribution in [-0.4, -0.2) is 25.3 Å². The summed E-state index contributed by atoms with van der Waals surface area (Å²) in [6, 6.07) is 1.37. The van der Waals surface area contributed by atoms with Crippen molar-refractivity contribution >= 4 is 15.7 Å². The minimum absolute atomic E-state index is 0.142. The number of nitrogens with zero attached hydrogens (tertiary/aromatic N) is 1. The number of rotatable bonds is 2. The van der Waals surface area contributed by atoms with E-state index in [-0.39, 0.29) is 24.2 Å². The third-order valence-electron chi connectivity index (χ3n) is 3.31. The summed E-state index contributed by atoms with van der Waals surface area (Å²) in [5, 5.41) is 0. The van der Waals surface area contributed by atoms with Gasteiger partial charge in [-0.25, -0.2) is 17.2 Å². The second-order valence-electron chi connectivity index (χ2n) is 5.08. The number of anilines is 1. The zero-order valence-electron chi connectivity index (χ0n) is 10.7. The van der Waals surface area contributed by atoms with E-state index in [4.69, 9.17) is 5.73 Å². The van der Waals surface area contributed by atoms with Gasteiger partial charge in [0.05, 0.1) is 0 Å². The lowest BCUT2D eigenvalue weighted by atomic mass is 10.1. The quantitative estimate of drug-likeness (QED) is 0.847. The zero-order valence-corrected chi connectivity index (χ0v) is 11.5. The summed E-state index contributed by atoms with van der Waals surface area (Å²) < 4.78 is 53.4. The molecule has 0 bridgehead atoms. The van der Waals surface area contributed by atoms with Gasteiger partial charge in [-0.3, -0.25) is 0 Å². The number of sulfonamides is 1. The van der Waals surface area contributed by atoms with Crippen molar-refractivity contribution in [1.29, 1.82) is 0 Å². The van der Waals surface area contributed by atoms with Crippen LogP contribution in [0.15, 0.2) is 17.0 Å². The molecule has 2 rings (SSSR count). The van der Waals surface area contributed by atoms with E-state index in [2.05, 4.69) is 0 Å². The highest BCUT2D eigenvalue weighted by molar-refractivity contribution is 7.89. The second-order valence-corrected chi connectivity index (χ2v) is 6.91. The standard InChI is InChI=1S/C12H16F2N2O2S/c1-7-3-8(2)16(6-7)19(17,18)12-10(13)4-9(15)5-11(12)14/h4-5,7-8H,3,6,15H2,1-2H3. The Labute approximate surface area is 111 Å². The lowest BCUT2D eigenvalue weighted by Gasteiger charge is -2.21. The molecular formula is C12H16F2N2O2S. The molecule has 0 spiro atoms. The molecule has 1 aliphatic rings. The monoisotopic (exact) mass is 290 g/mol. The largest absolute Gasteiger partial charge is 0.399 e. The van der Waals surface area contributed by atoms with E-state index >= 15 is 0 Å².